The molecule has 0 radical (unpaired) electrons. The van der Waals surface area contributed by atoms with Crippen LogP contribution in [-0.2, 0) is 11.2 Å². The van der Waals surface area contributed by atoms with E-state index in [-0.39, 0.29) is 11.8 Å². The van der Waals surface area contributed by atoms with E-state index in [2.05, 4.69) is 6.07 Å². The number of hydrogen-bond donors (Lipinski definition) is 0. The maximum atomic E-state index is 14.1. The summed E-state index contributed by atoms with van der Waals surface area (Å²) in [6, 6.07) is 15.9. The predicted molar refractivity (Wildman–Crippen MR) is 104 cm³/mol. The highest BCUT2D eigenvalue weighted by Crippen LogP contribution is 2.34. The fourth-order valence-electron chi connectivity index (χ4n) is 4.02. The summed E-state index contributed by atoms with van der Waals surface area (Å²) >= 11 is 0. The maximum absolute atomic E-state index is 14.1. The second kappa shape index (κ2) is 7.10. The minimum atomic E-state index is -0.567. The number of amides is 1. The monoisotopic (exact) mass is 365 g/mol. The van der Waals surface area contributed by atoms with E-state index in [0.29, 0.717) is 24.9 Å². The Morgan fingerprint density at radius 2 is 1.89 bits per heavy atom. The highest BCUT2D eigenvalue weighted by Gasteiger charge is 2.29. The van der Waals surface area contributed by atoms with E-state index in [1.54, 1.807) is 0 Å². The van der Waals surface area contributed by atoms with E-state index >= 15 is 0 Å². The smallest absolute Gasteiger partial charge is 0.227 e. The molecule has 0 spiro atoms. The molecule has 0 aliphatic carbocycles. The van der Waals surface area contributed by atoms with Gasteiger partial charge in [-0.15, -0.1) is 0 Å². The van der Waals surface area contributed by atoms with Crippen molar-refractivity contribution in [3.8, 4) is 0 Å². The van der Waals surface area contributed by atoms with Gasteiger partial charge in [0.05, 0.1) is 5.69 Å². The highest BCUT2D eigenvalue weighted by atomic mass is 19.1. The molecule has 0 N–H and O–H groups in total. The predicted octanol–water partition coefficient (Wildman–Crippen LogP) is 5.41. The molecule has 1 unspecified atom stereocenters. The number of benzene rings is 3. The van der Waals surface area contributed by atoms with Crippen LogP contribution in [-0.4, -0.2) is 12.5 Å². The van der Waals surface area contributed by atoms with Gasteiger partial charge in [0.2, 0.25) is 5.91 Å². The van der Waals surface area contributed by atoms with Crippen molar-refractivity contribution in [1.82, 2.24) is 0 Å². The van der Waals surface area contributed by atoms with Gasteiger partial charge in [0.15, 0.2) is 0 Å². The molecule has 1 heterocycles. The number of rotatable bonds is 3. The van der Waals surface area contributed by atoms with Gasteiger partial charge in [-0.05, 0) is 48.3 Å². The molecule has 27 heavy (non-hydrogen) atoms. The van der Waals surface area contributed by atoms with Gasteiger partial charge in [-0.2, -0.15) is 0 Å². The van der Waals surface area contributed by atoms with Crippen LogP contribution >= 0.6 is 0 Å². The number of fused-ring (bicyclic) bond motifs is 1. The van der Waals surface area contributed by atoms with E-state index in [9.17, 15) is 13.6 Å². The average Bonchev–Trinajstić information content (AvgIpc) is 2.66. The molecule has 138 valence electrons. The molecule has 3 aromatic rings. The van der Waals surface area contributed by atoms with Crippen molar-refractivity contribution in [2.45, 2.75) is 26.2 Å². The van der Waals surface area contributed by atoms with Crippen LogP contribution in [0.2, 0.25) is 0 Å². The molecule has 0 bridgehead atoms. The van der Waals surface area contributed by atoms with Crippen LogP contribution in [0.15, 0.2) is 54.6 Å². The molecule has 1 atom stereocenters. The summed E-state index contributed by atoms with van der Waals surface area (Å²) < 4.78 is 27.2. The fourth-order valence-corrected chi connectivity index (χ4v) is 4.02. The Morgan fingerprint density at radius 1 is 1.07 bits per heavy atom. The third kappa shape index (κ3) is 3.44. The normalized spacial score (nSPS) is 17.5. The maximum Gasteiger partial charge on any atom is 0.227 e. The summed E-state index contributed by atoms with van der Waals surface area (Å²) in [4.78, 5) is 14.6. The molecule has 0 saturated carbocycles. The average molecular weight is 365 g/mol. The zero-order valence-corrected chi connectivity index (χ0v) is 15.2. The van der Waals surface area contributed by atoms with E-state index < -0.39 is 11.6 Å². The lowest BCUT2D eigenvalue weighted by Crippen LogP contribution is -2.41. The standard InChI is InChI=1S/C23H21F2NO/c1-15-6-8-17-4-2-3-5-20(17)23(15)26-14-16(7-11-22(26)27)12-18-9-10-19(24)13-21(18)25/h2-6,8-10,13,16H,7,11-12,14H2,1H3. The number of nitrogens with zero attached hydrogens (tertiary/aromatic N) is 1. The first kappa shape index (κ1) is 17.7. The van der Waals surface area contributed by atoms with Crippen molar-refractivity contribution in [2.75, 3.05) is 11.4 Å². The fraction of sp³-hybridized carbons (Fsp3) is 0.261. The molecular weight excluding hydrogens is 344 g/mol. The Bertz CT molecular complexity index is 1010. The molecule has 2 nitrogen and oxygen atoms in total. The van der Waals surface area contributed by atoms with Crippen LogP contribution in [0.5, 0.6) is 0 Å². The second-order valence-electron chi connectivity index (χ2n) is 7.30. The molecule has 0 aromatic heterocycles. The van der Waals surface area contributed by atoms with Crippen molar-refractivity contribution < 1.29 is 13.6 Å². The third-order valence-corrected chi connectivity index (χ3v) is 5.40. The highest BCUT2D eigenvalue weighted by molar-refractivity contribution is 6.05. The molecule has 4 rings (SSSR count). The van der Waals surface area contributed by atoms with E-state index in [1.807, 2.05) is 42.2 Å². The number of carbonyl (C=O) groups is 1. The summed E-state index contributed by atoms with van der Waals surface area (Å²) in [7, 11) is 0. The quantitative estimate of drug-likeness (QED) is 0.607. The van der Waals surface area contributed by atoms with Crippen LogP contribution in [0.3, 0.4) is 0 Å². The topological polar surface area (TPSA) is 20.3 Å². The van der Waals surface area contributed by atoms with Crippen LogP contribution < -0.4 is 4.90 Å². The Hall–Kier alpha value is -2.75. The van der Waals surface area contributed by atoms with E-state index in [4.69, 9.17) is 0 Å². The molecule has 1 fully saturated rings. The number of hydrogen-bond acceptors (Lipinski definition) is 1. The zero-order chi connectivity index (χ0) is 19.0. The Morgan fingerprint density at radius 3 is 2.70 bits per heavy atom. The first-order valence-corrected chi connectivity index (χ1v) is 9.25. The van der Waals surface area contributed by atoms with Crippen molar-refractivity contribution in [3.63, 3.8) is 0 Å². The van der Waals surface area contributed by atoms with Gasteiger partial charge in [0.1, 0.15) is 11.6 Å². The van der Waals surface area contributed by atoms with Gasteiger partial charge >= 0.3 is 0 Å². The summed E-state index contributed by atoms with van der Waals surface area (Å²) in [5.41, 5.74) is 2.50. The second-order valence-corrected chi connectivity index (χ2v) is 7.30. The summed E-state index contributed by atoms with van der Waals surface area (Å²) in [5.74, 6) is -0.839. The van der Waals surface area contributed by atoms with Crippen LogP contribution in [0.4, 0.5) is 14.5 Å². The number of piperidine rings is 1. The molecule has 3 aromatic carbocycles. The summed E-state index contributed by atoms with van der Waals surface area (Å²) in [6.45, 7) is 2.56. The first-order valence-electron chi connectivity index (χ1n) is 9.25. The van der Waals surface area contributed by atoms with Gasteiger partial charge in [0, 0.05) is 24.4 Å². The Kier molecular flexibility index (Phi) is 4.65. The van der Waals surface area contributed by atoms with Crippen molar-refractivity contribution in [3.05, 3.63) is 77.4 Å². The summed E-state index contributed by atoms with van der Waals surface area (Å²) in [5, 5.41) is 2.15. The Balaban J connectivity index is 1.65. The third-order valence-electron chi connectivity index (χ3n) is 5.40. The van der Waals surface area contributed by atoms with Crippen LogP contribution in [0.1, 0.15) is 24.0 Å². The lowest BCUT2D eigenvalue weighted by molar-refractivity contribution is -0.120. The van der Waals surface area contributed by atoms with E-state index in [1.165, 1.54) is 12.1 Å². The van der Waals surface area contributed by atoms with Crippen LogP contribution in [0.25, 0.3) is 10.8 Å². The van der Waals surface area contributed by atoms with Crippen molar-refractivity contribution >= 4 is 22.4 Å². The zero-order valence-electron chi connectivity index (χ0n) is 15.2. The minimum Gasteiger partial charge on any atom is -0.311 e. The van der Waals surface area contributed by atoms with Gasteiger partial charge in [-0.1, -0.05) is 42.5 Å². The van der Waals surface area contributed by atoms with E-state index in [0.717, 1.165) is 34.5 Å². The summed E-state index contributed by atoms with van der Waals surface area (Å²) in [6.07, 6.45) is 1.66. The van der Waals surface area contributed by atoms with Gasteiger partial charge < -0.3 is 4.90 Å². The molecule has 1 aliphatic rings. The van der Waals surface area contributed by atoms with Gasteiger partial charge in [0.25, 0.3) is 0 Å². The SMILES string of the molecule is Cc1ccc2ccccc2c1N1CC(Cc2ccc(F)cc2F)CCC1=O. The number of aryl methyl sites for hydroxylation is 1. The van der Waals surface area contributed by atoms with Crippen LogP contribution in [0, 0.1) is 24.5 Å². The minimum absolute atomic E-state index is 0.102. The Labute approximate surface area is 157 Å². The number of carbonyl (C=O) groups excluding carboxylic acids is 1. The molecule has 1 saturated heterocycles. The lowest BCUT2D eigenvalue weighted by atomic mass is 9.89. The van der Waals surface area contributed by atoms with Crippen molar-refractivity contribution in [2.24, 2.45) is 5.92 Å². The number of halogens is 2. The van der Waals surface area contributed by atoms with Gasteiger partial charge in [-0.3, -0.25) is 4.79 Å². The number of anilines is 1. The molecule has 1 aliphatic heterocycles. The lowest BCUT2D eigenvalue weighted by Gasteiger charge is -2.34. The molecular formula is C23H21F2NO. The first-order chi connectivity index (χ1) is 13.0. The molecule has 4 heteroatoms. The van der Waals surface area contributed by atoms with Crippen molar-refractivity contribution in [1.29, 1.82) is 0 Å². The largest absolute Gasteiger partial charge is 0.311 e. The molecule has 1 amide bonds. The van der Waals surface area contributed by atoms with Gasteiger partial charge in [-0.25, -0.2) is 8.78 Å².